The molecule has 1 aromatic carbocycles. The zero-order valence-corrected chi connectivity index (χ0v) is 16.9. The normalized spacial score (nSPS) is 17.1. The molecule has 2 heterocycles. The van der Waals surface area contributed by atoms with E-state index in [0.717, 1.165) is 47.7 Å². The van der Waals surface area contributed by atoms with Crippen molar-refractivity contribution in [1.82, 2.24) is 15.1 Å². The van der Waals surface area contributed by atoms with Crippen LogP contribution >= 0.6 is 0 Å². The van der Waals surface area contributed by atoms with Gasteiger partial charge in [-0.1, -0.05) is 5.92 Å². The van der Waals surface area contributed by atoms with E-state index in [1.807, 2.05) is 38.1 Å². The van der Waals surface area contributed by atoms with Gasteiger partial charge in [-0.15, -0.1) is 16.6 Å². The third kappa shape index (κ3) is 5.00. The molecule has 0 spiro atoms. The van der Waals surface area contributed by atoms with Gasteiger partial charge in [-0.25, -0.2) is 0 Å². The van der Waals surface area contributed by atoms with E-state index in [-0.39, 0.29) is 6.79 Å². The second-order valence-electron chi connectivity index (χ2n) is 7.12. The van der Waals surface area contributed by atoms with Crippen molar-refractivity contribution in [3.63, 3.8) is 0 Å². The number of aromatic nitrogens is 2. The van der Waals surface area contributed by atoms with Crippen LogP contribution in [0, 0.1) is 19.3 Å². The number of aryl methyl sites for hydroxylation is 1. The maximum absolute atomic E-state index is 5.81. The Morgan fingerprint density at radius 3 is 2.86 bits per heavy atom. The first-order chi connectivity index (χ1) is 13.6. The number of piperidine rings is 1. The summed E-state index contributed by atoms with van der Waals surface area (Å²) in [5.74, 6) is 4.11. The third-order valence-corrected chi connectivity index (χ3v) is 4.87. The minimum Gasteiger partial charge on any atom is -0.467 e. The Kier molecular flexibility index (Phi) is 6.85. The standard InChI is InChI=1S/C22H28N4O2/c1-5-17-12-16(3)22(20(13-17)28-15-27-6-2)19-9-10-21(25-24-19)23-18-8-7-11-26(4)14-18/h1,9-10,12-13,18H,6-8,11,14-15H2,2-4H3,(H,23,25)/t18-/m1/s1. The SMILES string of the molecule is C#Cc1cc(C)c(-c2ccc(N[C@@H]3CCCN(C)C3)nn2)c(OCOCC)c1. The minimum absolute atomic E-state index is 0.166. The number of benzene rings is 1. The van der Waals surface area contributed by atoms with Gasteiger partial charge in [-0.3, -0.25) is 0 Å². The predicted molar refractivity (Wildman–Crippen MR) is 111 cm³/mol. The van der Waals surface area contributed by atoms with Crippen LogP contribution in [0.4, 0.5) is 5.82 Å². The van der Waals surface area contributed by atoms with Crippen LogP contribution in [0.15, 0.2) is 24.3 Å². The second kappa shape index (κ2) is 9.54. The fourth-order valence-electron chi connectivity index (χ4n) is 3.50. The largest absolute Gasteiger partial charge is 0.467 e. The number of anilines is 1. The molecule has 1 N–H and O–H groups in total. The summed E-state index contributed by atoms with van der Waals surface area (Å²) in [6.07, 6.45) is 7.92. The van der Waals surface area contributed by atoms with Crippen LogP contribution in [0.1, 0.15) is 30.9 Å². The Morgan fingerprint density at radius 2 is 2.18 bits per heavy atom. The summed E-state index contributed by atoms with van der Waals surface area (Å²) in [7, 11) is 2.15. The molecule has 0 radical (unpaired) electrons. The van der Waals surface area contributed by atoms with Gasteiger partial charge in [0, 0.05) is 30.3 Å². The van der Waals surface area contributed by atoms with Crippen molar-refractivity contribution in [2.24, 2.45) is 0 Å². The lowest BCUT2D eigenvalue weighted by Gasteiger charge is -2.30. The number of hydrogen-bond donors (Lipinski definition) is 1. The molecule has 0 bridgehead atoms. The number of rotatable bonds is 7. The number of ether oxygens (including phenoxy) is 2. The van der Waals surface area contributed by atoms with Crippen LogP contribution in [-0.2, 0) is 4.74 Å². The summed E-state index contributed by atoms with van der Waals surface area (Å²) in [4.78, 5) is 2.33. The van der Waals surface area contributed by atoms with Crippen LogP contribution in [0.2, 0.25) is 0 Å². The second-order valence-corrected chi connectivity index (χ2v) is 7.12. The minimum atomic E-state index is 0.166. The summed E-state index contributed by atoms with van der Waals surface area (Å²) in [5, 5.41) is 12.3. The molecule has 2 aromatic rings. The van der Waals surface area contributed by atoms with E-state index in [1.54, 1.807) is 0 Å². The van der Waals surface area contributed by atoms with Crippen LogP contribution in [0.5, 0.6) is 5.75 Å². The van der Waals surface area contributed by atoms with Gasteiger partial charge in [-0.05, 0) is 70.1 Å². The third-order valence-electron chi connectivity index (χ3n) is 4.87. The monoisotopic (exact) mass is 380 g/mol. The Bertz CT molecular complexity index is 830. The number of likely N-dealkylation sites (tertiary alicyclic amines) is 1. The lowest BCUT2D eigenvalue weighted by atomic mass is 10.0. The molecular weight excluding hydrogens is 352 g/mol. The maximum atomic E-state index is 5.81. The van der Waals surface area contributed by atoms with Crippen LogP contribution in [0.25, 0.3) is 11.3 Å². The van der Waals surface area contributed by atoms with E-state index in [2.05, 4.69) is 33.4 Å². The van der Waals surface area contributed by atoms with Gasteiger partial charge in [-0.2, -0.15) is 0 Å². The van der Waals surface area contributed by atoms with Gasteiger partial charge in [0.1, 0.15) is 11.6 Å². The molecule has 6 heteroatoms. The number of hydrogen-bond acceptors (Lipinski definition) is 6. The van der Waals surface area contributed by atoms with E-state index in [0.29, 0.717) is 18.4 Å². The summed E-state index contributed by atoms with van der Waals surface area (Å²) >= 11 is 0. The highest BCUT2D eigenvalue weighted by molar-refractivity contribution is 5.72. The highest BCUT2D eigenvalue weighted by Gasteiger charge is 2.18. The average Bonchev–Trinajstić information content (AvgIpc) is 2.69. The smallest absolute Gasteiger partial charge is 0.189 e. The predicted octanol–water partition coefficient (Wildman–Crippen LogP) is 3.31. The maximum Gasteiger partial charge on any atom is 0.189 e. The van der Waals surface area contributed by atoms with Crippen molar-refractivity contribution in [2.45, 2.75) is 32.7 Å². The van der Waals surface area contributed by atoms with Gasteiger partial charge in [0.25, 0.3) is 0 Å². The highest BCUT2D eigenvalue weighted by atomic mass is 16.7. The summed E-state index contributed by atoms with van der Waals surface area (Å²) in [5.41, 5.74) is 3.39. The number of nitrogens with one attached hydrogen (secondary N) is 1. The molecule has 28 heavy (non-hydrogen) atoms. The molecule has 0 saturated carbocycles. The number of likely N-dealkylation sites (N-methyl/N-ethyl adjacent to an activating group) is 1. The molecule has 1 aromatic heterocycles. The van der Waals surface area contributed by atoms with E-state index in [1.165, 1.54) is 6.42 Å². The molecule has 1 aliphatic heterocycles. The first kappa shape index (κ1) is 20.1. The van der Waals surface area contributed by atoms with E-state index < -0.39 is 0 Å². The van der Waals surface area contributed by atoms with Crippen molar-refractivity contribution in [3.8, 4) is 29.4 Å². The van der Waals surface area contributed by atoms with E-state index >= 15 is 0 Å². The first-order valence-electron chi connectivity index (χ1n) is 9.71. The van der Waals surface area contributed by atoms with Crippen LogP contribution in [0.3, 0.4) is 0 Å². The molecule has 6 nitrogen and oxygen atoms in total. The lowest BCUT2D eigenvalue weighted by molar-refractivity contribution is 0.0227. The molecule has 0 aliphatic carbocycles. The quantitative estimate of drug-likeness (QED) is 0.452. The molecular formula is C22H28N4O2. The summed E-state index contributed by atoms with van der Waals surface area (Å²) < 4.78 is 11.1. The first-order valence-corrected chi connectivity index (χ1v) is 9.71. The molecule has 0 amide bonds. The van der Waals surface area contributed by atoms with Crippen molar-refractivity contribution in [3.05, 3.63) is 35.4 Å². The molecule has 1 saturated heterocycles. The zero-order valence-electron chi connectivity index (χ0n) is 16.9. The summed E-state index contributed by atoms with van der Waals surface area (Å²) in [6, 6.07) is 8.13. The Morgan fingerprint density at radius 1 is 1.32 bits per heavy atom. The molecule has 1 fully saturated rings. The van der Waals surface area contributed by atoms with Gasteiger partial charge in [0.2, 0.25) is 0 Å². The Balaban J connectivity index is 1.81. The van der Waals surface area contributed by atoms with Crippen LogP contribution in [-0.4, -0.2) is 54.7 Å². The van der Waals surface area contributed by atoms with Crippen molar-refractivity contribution >= 4 is 5.82 Å². The van der Waals surface area contributed by atoms with Crippen molar-refractivity contribution < 1.29 is 9.47 Å². The number of nitrogens with zero attached hydrogens (tertiary/aromatic N) is 3. The van der Waals surface area contributed by atoms with Gasteiger partial charge in [0.05, 0.1) is 5.69 Å². The number of terminal acetylenes is 1. The van der Waals surface area contributed by atoms with Crippen LogP contribution < -0.4 is 10.1 Å². The summed E-state index contributed by atoms with van der Waals surface area (Å²) in [6.45, 7) is 6.84. The average molecular weight is 380 g/mol. The fourth-order valence-corrected chi connectivity index (χ4v) is 3.50. The van der Waals surface area contributed by atoms with Crippen molar-refractivity contribution in [2.75, 3.05) is 38.9 Å². The molecule has 148 valence electrons. The van der Waals surface area contributed by atoms with Gasteiger partial charge >= 0.3 is 0 Å². The molecule has 3 rings (SSSR count). The molecule has 1 atom stereocenters. The van der Waals surface area contributed by atoms with E-state index in [9.17, 15) is 0 Å². The zero-order chi connectivity index (χ0) is 19.9. The Hall–Kier alpha value is -2.62. The fraction of sp³-hybridized carbons (Fsp3) is 0.455. The molecule has 0 unspecified atom stereocenters. The highest BCUT2D eigenvalue weighted by Crippen LogP contribution is 2.33. The van der Waals surface area contributed by atoms with Gasteiger partial charge < -0.3 is 19.7 Å². The lowest BCUT2D eigenvalue weighted by Crippen LogP contribution is -2.39. The molecule has 1 aliphatic rings. The van der Waals surface area contributed by atoms with Gasteiger partial charge in [0.15, 0.2) is 6.79 Å². The van der Waals surface area contributed by atoms with Crippen molar-refractivity contribution in [1.29, 1.82) is 0 Å². The Labute approximate surface area is 167 Å². The topological polar surface area (TPSA) is 59.5 Å². The van der Waals surface area contributed by atoms with E-state index in [4.69, 9.17) is 15.9 Å².